The number of nitrogens with one attached hydrogen (secondary N) is 2. The summed E-state index contributed by atoms with van der Waals surface area (Å²) < 4.78 is 4.91. The van der Waals surface area contributed by atoms with Gasteiger partial charge in [0.05, 0.1) is 6.61 Å². The van der Waals surface area contributed by atoms with E-state index >= 15 is 0 Å². The van der Waals surface area contributed by atoms with Gasteiger partial charge in [-0.15, -0.1) is 0 Å². The number of para-hydroxylation sites is 1. The van der Waals surface area contributed by atoms with Crippen LogP contribution in [0, 0.1) is 0 Å². The van der Waals surface area contributed by atoms with Crippen LogP contribution in [0.5, 0.6) is 0 Å². The van der Waals surface area contributed by atoms with Gasteiger partial charge in [0.15, 0.2) is 0 Å². The van der Waals surface area contributed by atoms with Crippen molar-refractivity contribution in [2.45, 2.75) is 26.7 Å². The second-order valence-corrected chi connectivity index (χ2v) is 5.94. The molecular weight excluding hydrogens is 328 g/mol. The molecule has 26 heavy (non-hydrogen) atoms. The Morgan fingerprint density at radius 1 is 0.885 bits per heavy atom. The predicted molar refractivity (Wildman–Crippen MR) is 104 cm³/mol. The molecule has 0 atom stereocenters. The first kappa shape index (κ1) is 19.7. The second kappa shape index (κ2) is 9.73. The van der Waals surface area contributed by atoms with Gasteiger partial charge in [0.2, 0.25) is 0 Å². The van der Waals surface area contributed by atoms with Crippen LogP contribution in [0.1, 0.15) is 45.7 Å². The monoisotopic (exact) mass is 354 g/mol. The number of hydrogen-bond donors (Lipinski definition) is 2. The Bertz CT molecular complexity index is 732. The van der Waals surface area contributed by atoms with Gasteiger partial charge >= 0.3 is 0 Å². The minimum Gasteiger partial charge on any atom is -0.383 e. The van der Waals surface area contributed by atoms with E-state index < -0.39 is 0 Å². The van der Waals surface area contributed by atoms with Crippen LogP contribution in [0.2, 0.25) is 0 Å². The molecule has 0 aliphatic heterocycles. The predicted octanol–water partition coefficient (Wildman–Crippen LogP) is 3.44. The number of amides is 2. The summed E-state index contributed by atoms with van der Waals surface area (Å²) in [6.07, 6.45) is 1.70. The summed E-state index contributed by atoms with van der Waals surface area (Å²) in [6, 6.07) is 12.7. The Morgan fingerprint density at radius 3 is 1.92 bits per heavy atom. The van der Waals surface area contributed by atoms with E-state index in [-0.39, 0.29) is 11.8 Å². The van der Waals surface area contributed by atoms with E-state index in [1.807, 2.05) is 18.2 Å². The topological polar surface area (TPSA) is 67.4 Å². The van der Waals surface area contributed by atoms with Crippen molar-refractivity contribution in [3.63, 3.8) is 0 Å². The van der Waals surface area contributed by atoms with Crippen LogP contribution in [0.25, 0.3) is 0 Å². The van der Waals surface area contributed by atoms with Gasteiger partial charge in [0.1, 0.15) is 0 Å². The summed E-state index contributed by atoms with van der Waals surface area (Å²) in [5.41, 5.74) is 4.16. The molecular formula is C21H26N2O3. The molecule has 2 amide bonds. The van der Waals surface area contributed by atoms with Crippen molar-refractivity contribution >= 4 is 17.5 Å². The fourth-order valence-corrected chi connectivity index (χ4v) is 2.73. The highest BCUT2D eigenvalue weighted by Crippen LogP contribution is 2.23. The zero-order valence-corrected chi connectivity index (χ0v) is 15.6. The molecule has 2 aromatic carbocycles. The number of ether oxygens (including phenoxy) is 1. The first-order valence-corrected chi connectivity index (χ1v) is 8.90. The molecule has 0 aliphatic rings. The van der Waals surface area contributed by atoms with Gasteiger partial charge in [-0.2, -0.15) is 0 Å². The zero-order chi connectivity index (χ0) is 18.9. The molecule has 0 unspecified atom stereocenters. The van der Waals surface area contributed by atoms with Gasteiger partial charge < -0.3 is 15.4 Å². The van der Waals surface area contributed by atoms with Gasteiger partial charge in [0, 0.05) is 30.5 Å². The first-order chi connectivity index (χ1) is 12.6. The Labute approximate surface area is 154 Å². The third-order valence-electron chi connectivity index (χ3n) is 4.24. The van der Waals surface area contributed by atoms with Crippen molar-refractivity contribution in [1.29, 1.82) is 0 Å². The maximum absolute atomic E-state index is 12.6. The fourth-order valence-electron chi connectivity index (χ4n) is 2.73. The Hall–Kier alpha value is -2.66. The summed E-state index contributed by atoms with van der Waals surface area (Å²) in [5, 5.41) is 5.79. The Kier molecular flexibility index (Phi) is 7.36. The van der Waals surface area contributed by atoms with Crippen molar-refractivity contribution < 1.29 is 14.3 Å². The molecule has 2 rings (SSSR count). The highest BCUT2D eigenvalue weighted by Gasteiger charge is 2.13. The average molecular weight is 354 g/mol. The molecule has 0 bridgehead atoms. The summed E-state index contributed by atoms with van der Waals surface area (Å²) in [6.45, 7) is 5.05. The Morgan fingerprint density at radius 2 is 1.42 bits per heavy atom. The molecule has 0 aromatic heterocycles. The molecule has 5 nitrogen and oxygen atoms in total. The van der Waals surface area contributed by atoms with E-state index in [9.17, 15) is 9.59 Å². The summed E-state index contributed by atoms with van der Waals surface area (Å²) in [7, 11) is 1.58. The van der Waals surface area contributed by atoms with Crippen molar-refractivity contribution in [3.8, 4) is 0 Å². The quantitative estimate of drug-likeness (QED) is 0.714. The van der Waals surface area contributed by atoms with E-state index in [2.05, 4.69) is 24.5 Å². The largest absolute Gasteiger partial charge is 0.383 e. The lowest BCUT2D eigenvalue weighted by Crippen LogP contribution is -2.27. The van der Waals surface area contributed by atoms with E-state index in [1.54, 1.807) is 31.4 Å². The molecule has 5 heteroatoms. The average Bonchev–Trinajstić information content (AvgIpc) is 2.68. The maximum Gasteiger partial charge on any atom is 0.255 e. The van der Waals surface area contributed by atoms with E-state index in [0.29, 0.717) is 24.3 Å². The number of benzene rings is 2. The smallest absolute Gasteiger partial charge is 0.255 e. The molecule has 0 saturated carbocycles. The van der Waals surface area contributed by atoms with Crippen LogP contribution in [0.3, 0.4) is 0 Å². The van der Waals surface area contributed by atoms with Gasteiger partial charge in [-0.3, -0.25) is 9.59 Å². The van der Waals surface area contributed by atoms with E-state index in [4.69, 9.17) is 4.74 Å². The Balaban J connectivity index is 2.10. The van der Waals surface area contributed by atoms with Crippen molar-refractivity contribution in [1.82, 2.24) is 5.32 Å². The summed E-state index contributed by atoms with van der Waals surface area (Å²) >= 11 is 0. The lowest BCUT2D eigenvalue weighted by molar-refractivity contribution is 0.0935. The first-order valence-electron chi connectivity index (χ1n) is 8.90. The number of anilines is 1. The zero-order valence-electron chi connectivity index (χ0n) is 15.6. The van der Waals surface area contributed by atoms with Crippen LogP contribution in [0.4, 0.5) is 5.69 Å². The van der Waals surface area contributed by atoms with Gasteiger partial charge in [-0.25, -0.2) is 0 Å². The van der Waals surface area contributed by atoms with Gasteiger partial charge in [-0.05, 0) is 48.2 Å². The maximum atomic E-state index is 12.6. The fraction of sp³-hybridized carbons (Fsp3) is 0.333. The molecule has 2 N–H and O–H groups in total. The number of methoxy groups -OCH3 is 1. The third-order valence-corrected chi connectivity index (χ3v) is 4.24. The minimum atomic E-state index is -0.182. The van der Waals surface area contributed by atoms with Crippen molar-refractivity contribution in [3.05, 3.63) is 64.7 Å². The van der Waals surface area contributed by atoms with E-state index in [0.717, 1.165) is 29.7 Å². The number of aryl methyl sites for hydroxylation is 2. The number of hydrogen-bond acceptors (Lipinski definition) is 3. The minimum absolute atomic E-state index is 0.174. The molecule has 2 aromatic rings. The van der Waals surface area contributed by atoms with Gasteiger partial charge in [-0.1, -0.05) is 32.0 Å². The normalized spacial score (nSPS) is 10.4. The van der Waals surface area contributed by atoms with E-state index in [1.165, 1.54) is 0 Å². The number of carbonyl (C=O) groups is 2. The van der Waals surface area contributed by atoms with Gasteiger partial charge in [0.25, 0.3) is 11.8 Å². The molecule has 0 heterocycles. The third kappa shape index (κ3) is 4.92. The van der Waals surface area contributed by atoms with Crippen molar-refractivity contribution in [2.75, 3.05) is 25.6 Å². The number of carbonyl (C=O) groups excluding carboxylic acids is 2. The summed E-state index contributed by atoms with van der Waals surface area (Å²) in [5.74, 6) is -0.356. The standard InChI is InChI=1S/C21H26N2O3/c1-4-15-7-6-8-16(5-2)19(15)23-21(25)18-11-9-17(10-12-18)20(24)22-13-14-26-3/h6-12H,4-5,13-14H2,1-3H3,(H,22,24)(H,23,25). The lowest BCUT2D eigenvalue weighted by Gasteiger charge is -2.14. The SMILES string of the molecule is CCc1cccc(CC)c1NC(=O)c1ccc(C(=O)NCCOC)cc1. The molecule has 0 aliphatic carbocycles. The molecule has 0 fully saturated rings. The van der Waals surface area contributed by atoms with Crippen molar-refractivity contribution in [2.24, 2.45) is 0 Å². The number of rotatable bonds is 8. The van der Waals surface area contributed by atoms with Crippen LogP contribution < -0.4 is 10.6 Å². The molecule has 138 valence electrons. The van der Waals surface area contributed by atoms with Crippen LogP contribution in [-0.2, 0) is 17.6 Å². The summed E-state index contributed by atoms with van der Waals surface area (Å²) in [4.78, 5) is 24.6. The second-order valence-electron chi connectivity index (χ2n) is 5.94. The van der Waals surface area contributed by atoms with Crippen LogP contribution in [0.15, 0.2) is 42.5 Å². The van der Waals surface area contributed by atoms with Crippen LogP contribution in [-0.4, -0.2) is 32.1 Å². The highest BCUT2D eigenvalue weighted by molar-refractivity contribution is 6.05. The molecule has 0 spiro atoms. The molecule has 0 radical (unpaired) electrons. The van der Waals surface area contributed by atoms with Crippen LogP contribution >= 0.6 is 0 Å². The highest BCUT2D eigenvalue weighted by atomic mass is 16.5. The molecule has 0 saturated heterocycles. The lowest BCUT2D eigenvalue weighted by atomic mass is 10.0.